The summed E-state index contributed by atoms with van der Waals surface area (Å²) in [6.07, 6.45) is 0. The molecule has 0 bridgehead atoms. The number of hydrogen-bond donors (Lipinski definition) is 1. The molecular weight excluding hydrogens is 184 g/mol. The number of benzene rings is 1. The first-order valence-corrected chi connectivity index (χ1v) is 4.48. The van der Waals surface area contributed by atoms with Gasteiger partial charge in [-0.1, -0.05) is 11.6 Å². The van der Waals surface area contributed by atoms with Crippen molar-refractivity contribution in [2.24, 2.45) is 7.05 Å². The van der Waals surface area contributed by atoms with E-state index >= 15 is 0 Å². The van der Waals surface area contributed by atoms with Gasteiger partial charge in [0.2, 0.25) is 0 Å². The fraction of sp³-hybridized carbons (Fsp3) is 0.200. The number of nitrogen functional groups attached to an aromatic ring is 1. The maximum Gasteiger partial charge on any atom is 0.0656 e. The van der Waals surface area contributed by atoms with Gasteiger partial charge in [-0.15, -0.1) is 0 Å². The highest BCUT2D eigenvalue weighted by atomic mass is 35.5. The van der Waals surface area contributed by atoms with E-state index in [2.05, 4.69) is 17.6 Å². The Kier molecular flexibility index (Phi) is 1.74. The molecule has 2 aromatic rings. The Balaban J connectivity index is 2.89. The average Bonchev–Trinajstić information content (AvgIpc) is 2.32. The van der Waals surface area contributed by atoms with Crippen LogP contribution in [0, 0.1) is 6.92 Å². The third-order valence-electron chi connectivity index (χ3n) is 2.40. The Morgan fingerprint density at radius 3 is 2.69 bits per heavy atom. The van der Waals surface area contributed by atoms with Gasteiger partial charge >= 0.3 is 0 Å². The molecule has 0 aliphatic carbocycles. The molecule has 0 unspecified atom stereocenters. The molecule has 1 aromatic carbocycles. The summed E-state index contributed by atoms with van der Waals surface area (Å²) in [4.78, 5) is 0. The molecule has 0 saturated heterocycles. The van der Waals surface area contributed by atoms with Gasteiger partial charge in [0.1, 0.15) is 0 Å². The van der Waals surface area contributed by atoms with Gasteiger partial charge in [0, 0.05) is 23.6 Å². The predicted molar refractivity (Wildman–Crippen MR) is 57.1 cm³/mol. The molecule has 0 saturated carbocycles. The molecule has 13 heavy (non-hydrogen) atoms. The van der Waals surface area contributed by atoms with Gasteiger partial charge in [-0.3, -0.25) is 0 Å². The molecule has 0 aliphatic heterocycles. The molecule has 1 heterocycles. The van der Waals surface area contributed by atoms with Crippen molar-refractivity contribution in [3.05, 3.63) is 28.9 Å². The lowest BCUT2D eigenvalue weighted by molar-refractivity contribution is 0.918. The molecule has 68 valence electrons. The summed E-state index contributed by atoms with van der Waals surface area (Å²) in [5, 5.41) is 1.76. The van der Waals surface area contributed by atoms with Crippen LogP contribution in [-0.2, 0) is 7.05 Å². The molecule has 2 nitrogen and oxygen atoms in total. The number of nitrogens with two attached hydrogens (primary N) is 1. The van der Waals surface area contributed by atoms with E-state index in [1.807, 2.05) is 19.2 Å². The van der Waals surface area contributed by atoms with Crippen LogP contribution in [0.3, 0.4) is 0 Å². The third kappa shape index (κ3) is 1.18. The van der Waals surface area contributed by atoms with Crippen LogP contribution in [0.2, 0.25) is 5.02 Å². The van der Waals surface area contributed by atoms with Crippen LogP contribution in [0.4, 0.5) is 5.69 Å². The standard InChI is InChI=1S/C10H11ClN2/c1-6-3-7-4-9(12)8(11)5-10(7)13(6)2/h3-5H,12H2,1-2H3. The highest BCUT2D eigenvalue weighted by Crippen LogP contribution is 2.27. The zero-order chi connectivity index (χ0) is 9.59. The lowest BCUT2D eigenvalue weighted by Crippen LogP contribution is -1.90. The monoisotopic (exact) mass is 194 g/mol. The van der Waals surface area contributed by atoms with Gasteiger partial charge < -0.3 is 10.3 Å². The van der Waals surface area contributed by atoms with Gasteiger partial charge in [-0.2, -0.15) is 0 Å². The van der Waals surface area contributed by atoms with Crippen LogP contribution >= 0.6 is 11.6 Å². The summed E-state index contributed by atoms with van der Waals surface area (Å²) in [6.45, 7) is 2.06. The van der Waals surface area contributed by atoms with Crippen molar-refractivity contribution in [1.82, 2.24) is 4.57 Å². The number of rotatable bonds is 0. The van der Waals surface area contributed by atoms with Crippen LogP contribution in [0.5, 0.6) is 0 Å². The first kappa shape index (κ1) is 8.45. The molecule has 1 aromatic heterocycles. The molecule has 2 N–H and O–H groups in total. The molecule has 3 heteroatoms. The van der Waals surface area contributed by atoms with E-state index in [-0.39, 0.29) is 0 Å². The second-order valence-electron chi connectivity index (χ2n) is 3.28. The Morgan fingerprint density at radius 2 is 2.00 bits per heavy atom. The summed E-state index contributed by atoms with van der Waals surface area (Å²) in [5.41, 5.74) is 8.67. The first-order valence-electron chi connectivity index (χ1n) is 4.10. The zero-order valence-electron chi connectivity index (χ0n) is 7.63. The number of aryl methyl sites for hydroxylation is 2. The summed E-state index contributed by atoms with van der Waals surface area (Å²) >= 11 is 5.93. The molecule has 0 spiro atoms. The van der Waals surface area contributed by atoms with E-state index in [4.69, 9.17) is 17.3 Å². The Bertz CT molecular complexity index is 471. The fourth-order valence-corrected chi connectivity index (χ4v) is 1.67. The number of nitrogens with zero attached hydrogens (tertiary/aromatic N) is 1. The summed E-state index contributed by atoms with van der Waals surface area (Å²) in [6, 6.07) is 5.91. The maximum absolute atomic E-state index is 5.93. The minimum Gasteiger partial charge on any atom is -0.398 e. The Morgan fingerprint density at radius 1 is 1.31 bits per heavy atom. The van der Waals surface area contributed by atoms with Crippen LogP contribution in [0.1, 0.15) is 5.69 Å². The van der Waals surface area contributed by atoms with Crippen molar-refractivity contribution >= 4 is 28.2 Å². The van der Waals surface area contributed by atoms with Crippen molar-refractivity contribution in [3.8, 4) is 0 Å². The van der Waals surface area contributed by atoms with Crippen LogP contribution in [0.25, 0.3) is 10.9 Å². The smallest absolute Gasteiger partial charge is 0.0656 e. The molecule has 0 radical (unpaired) electrons. The third-order valence-corrected chi connectivity index (χ3v) is 2.73. The fourth-order valence-electron chi connectivity index (χ4n) is 1.52. The van der Waals surface area contributed by atoms with E-state index in [1.54, 1.807) is 0 Å². The van der Waals surface area contributed by atoms with Crippen LogP contribution < -0.4 is 5.73 Å². The Labute approximate surface area is 81.9 Å². The minimum atomic E-state index is 0.619. The largest absolute Gasteiger partial charge is 0.398 e. The van der Waals surface area contributed by atoms with Crippen molar-refractivity contribution in [2.45, 2.75) is 6.92 Å². The minimum absolute atomic E-state index is 0.619. The van der Waals surface area contributed by atoms with Gasteiger partial charge in [0.15, 0.2) is 0 Å². The quantitative estimate of drug-likeness (QED) is 0.643. The Hall–Kier alpha value is -1.15. The van der Waals surface area contributed by atoms with E-state index in [9.17, 15) is 0 Å². The van der Waals surface area contributed by atoms with Gasteiger partial charge in [0.25, 0.3) is 0 Å². The van der Waals surface area contributed by atoms with Crippen molar-refractivity contribution in [2.75, 3.05) is 5.73 Å². The maximum atomic E-state index is 5.93. The van der Waals surface area contributed by atoms with Gasteiger partial charge in [0.05, 0.1) is 10.7 Å². The van der Waals surface area contributed by atoms with Crippen LogP contribution in [-0.4, -0.2) is 4.57 Å². The number of fused-ring (bicyclic) bond motifs is 1. The van der Waals surface area contributed by atoms with E-state index in [1.165, 1.54) is 5.69 Å². The molecule has 2 rings (SSSR count). The van der Waals surface area contributed by atoms with Gasteiger partial charge in [-0.05, 0) is 25.1 Å². The van der Waals surface area contributed by atoms with Crippen LogP contribution in [0.15, 0.2) is 18.2 Å². The lowest BCUT2D eigenvalue weighted by Gasteiger charge is -2.01. The second kappa shape index (κ2) is 2.67. The summed E-state index contributed by atoms with van der Waals surface area (Å²) in [7, 11) is 2.02. The SMILES string of the molecule is Cc1cc2cc(N)c(Cl)cc2n1C. The molecule has 0 amide bonds. The highest BCUT2D eigenvalue weighted by Gasteiger charge is 2.04. The zero-order valence-corrected chi connectivity index (χ0v) is 8.39. The van der Waals surface area contributed by atoms with Gasteiger partial charge in [-0.25, -0.2) is 0 Å². The number of anilines is 1. The molecule has 0 atom stereocenters. The second-order valence-corrected chi connectivity index (χ2v) is 3.68. The highest BCUT2D eigenvalue weighted by molar-refractivity contribution is 6.33. The molecular formula is C10H11ClN2. The molecule has 0 aliphatic rings. The van der Waals surface area contributed by atoms with Crippen molar-refractivity contribution in [1.29, 1.82) is 0 Å². The topological polar surface area (TPSA) is 30.9 Å². The number of halogens is 1. The average molecular weight is 195 g/mol. The first-order chi connectivity index (χ1) is 6.09. The number of hydrogen-bond acceptors (Lipinski definition) is 1. The normalized spacial score (nSPS) is 11.0. The van der Waals surface area contributed by atoms with Crippen molar-refractivity contribution in [3.63, 3.8) is 0 Å². The number of aromatic nitrogens is 1. The molecule has 0 fully saturated rings. The lowest BCUT2D eigenvalue weighted by atomic mass is 10.2. The summed E-state index contributed by atoms with van der Waals surface area (Å²) in [5.74, 6) is 0. The van der Waals surface area contributed by atoms with E-state index < -0.39 is 0 Å². The predicted octanol–water partition coefficient (Wildman–Crippen LogP) is 2.72. The summed E-state index contributed by atoms with van der Waals surface area (Å²) < 4.78 is 2.10. The van der Waals surface area contributed by atoms with Crippen molar-refractivity contribution < 1.29 is 0 Å². The van der Waals surface area contributed by atoms with E-state index in [0.29, 0.717) is 10.7 Å². The van der Waals surface area contributed by atoms with E-state index in [0.717, 1.165) is 10.9 Å².